The minimum absolute atomic E-state index is 0. The van der Waals surface area contributed by atoms with Gasteiger partial charge in [0.25, 0.3) is 5.91 Å². The molecule has 25 heavy (non-hydrogen) atoms. The predicted molar refractivity (Wildman–Crippen MR) is 98.4 cm³/mol. The van der Waals surface area contributed by atoms with E-state index in [9.17, 15) is 4.79 Å². The quantitative estimate of drug-likeness (QED) is 0.502. The average molecular weight is 343 g/mol. The van der Waals surface area contributed by atoms with Crippen molar-refractivity contribution in [2.24, 2.45) is 11.8 Å². The van der Waals surface area contributed by atoms with Gasteiger partial charge < -0.3 is 0 Å². The molecule has 4 rings (SSSR count). The van der Waals surface area contributed by atoms with Gasteiger partial charge in [0.05, 0.1) is 11.3 Å². The molecule has 5 heteroatoms. The second-order valence-corrected chi connectivity index (χ2v) is 7.65. The van der Waals surface area contributed by atoms with Gasteiger partial charge in [0, 0.05) is 28.7 Å². The van der Waals surface area contributed by atoms with Crippen molar-refractivity contribution in [3.8, 4) is 0 Å². The lowest BCUT2D eigenvalue weighted by Crippen LogP contribution is -2.36. The summed E-state index contributed by atoms with van der Waals surface area (Å²) in [5, 5.41) is 8.76. The second-order valence-electron chi connectivity index (χ2n) is 7.65. The number of amides is 1. The van der Waals surface area contributed by atoms with E-state index in [0.29, 0.717) is 11.5 Å². The Bertz CT molecular complexity index is 747. The minimum Gasteiger partial charge on any atom is -0.297 e. The lowest BCUT2D eigenvalue weighted by Gasteiger charge is -2.32. The number of hydrogen-bond donors (Lipinski definition) is 2. The molecule has 0 aromatic carbocycles. The van der Waals surface area contributed by atoms with Gasteiger partial charge in [0.2, 0.25) is 0 Å². The van der Waals surface area contributed by atoms with Crippen LogP contribution < -0.4 is 5.48 Å². The van der Waals surface area contributed by atoms with Gasteiger partial charge in [-0.25, -0.2) is 5.48 Å². The van der Waals surface area contributed by atoms with E-state index in [-0.39, 0.29) is 2.85 Å². The third kappa shape index (κ3) is 3.69. The van der Waals surface area contributed by atoms with Crippen LogP contribution in [0.3, 0.4) is 0 Å². The largest absolute Gasteiger partial charge is 0.297 e. The van der Waals surface area contributed by atoms with E-state index < -0.39 is 5.91 Å². The smallest absolute Gasteiger partial charge is 0.276 e. The fourth-order valence-electron chi connectivity index (χ4n) is 4.53. The van der Waals surface area contributed by atoms with Crippen molar-refractivity contribution in [3.05, 3.63) is 46.5 Å². The second kappa shape index (κ2) is 7.12. The number of fused-ring (bicyclic) bond motifs is 3. The Kier molecular flexibility index (Phi) is 4.71. The third-order valence-corrected chi connectivity index (χ3v) is 5.82. The summed E-state index contributed by atoms with van der Waals surface area (Å²) in [6.07, 6.45) is 11.0. The number of allylic oxidation sites excluding steroid dienone is 1. The summed E-state index contributed by atoms with van der Waals surface area (Å²) >= 11 is 0. The van der Waals surface area contributed by atoms with Gasteiger partial charge in [-0.15, -0.1) is 5.73 Å². The SMILES string of the molecule is O=C(NO)c1cnc2c(c1)CCN(C[C@H]1CC=C=C3CCC(C3)C1)C2.[HH].[HH]. The van der Waals surface area contributed by atoms with Crippen molar-refractivity contribution < 1.29 is 12.9 Å². The van der Waals surface area contributed by atoms with E-state index in [1.807, 2.05) is 6.07 Å². The van der Waals surface area contributed by atoms with Crippen molar-refractivity contribution in [1.82, 2.24) is 15.4 Å². The first-order valence-corrected chi connectivity index (χ1v) is 9.28. The standard InChI is InChI=1S/C20H25N3O2.2H2/c24-20(22-25)18-10-17-6-7-23(13-19(17)21-11-18)12-16-3-1-2-14-4-5-15(8-14)9-16;;/h1,10-11,15-16,25H,3-9,12-13H2,(H,22,24);2*1H/t2?,15?,16-;;/m0../s1. The highest BCUT2D eigenvalue weighted by molar-refractivity contribution is 5.93. The topological polar surface area (TPSA) is 65.5 Å². The molecule has 1 aromatic heterocycles. The highest BCUT2D eigenvalue weighted by Gasteiger charge is 2.27. The molecule has 1 unspecified atom stereocenters. The zero-order valence-electron chi connectivity index (χ0n) is 14.5. The van der Waals surface area contributed by atoms with E-state index >= 15 is 0 Å². The molecule has 1 fully saturated rings. The Labute approximate surface area is 151 Å². The number of aromatic nitrogens is 1. The van der Waals surface area contributed by atoms with E-state index in [4.69, 9.17) is 5.21 Å². The predicted octanol–water partition coefficient (Wildman–Crippen LogP) is 3.34. The third-order valence-electron chi connectivity index (χ3n) is 5.82. The molecule has 2 atom stereocenters. The molecule has 1 aliphatic heterocycles. The summed E-state index contributed by atoms with van der Waals surface area (Å²) in [5.41, 5.74) is 9.33. The molecule has 1 aromatic rings. The van der Waals surface area contributed by atoms with Crippen LogP contribution in [-0.2, 0) is 13.0 Å². The van der Waals surface area contributed by atoms with Gasteiger partial charge in [-0.05, 0) is 73.6 Å². The molecule has 0 saturated heterocycles. The first kappa shape index (κ1) is 16.5. The maximum atomic E-state index is 11.5. The number of rotatable bonds is 3. The van der Waals surface area contributed by atoms with Crippen LogP contribution in [0.4, 0.5) is 0 Å². The van der Waals surface area contributed by atoms with Gasteiger partial charge in [0.1, 0.15) is 0 Å². The lowest BCUT2D eigenvalue weighted by molar-refractivity contribution is 0.0705. The zero-order chi connectivity index (χ0) is 17.2. The number of pyridine rings is 1. The summed E-state index contributed by atoms with van der Waals surface area (Å²) in [5.74, 6) is 1.07. The Balaban J connectivity index is 0.00000131. The van der Waals surface area contributed by atoms with Crippen molar-refractivity contribution in [2.75, 3.05) is 13.1 Å². The Morgan fingerprint density at radius 3 is 3.28 bits per heavy atom. The maximum Gasteiger partial charge on any atom is 0.276 e. The normalized spacial score (nSPS) is 25.7. The Hall–Kier alpha value is -1.94. The summed E-state index contributed by atoms with van der Waals surface area (Å²) < 4.78 is 0. The first-order chi connectivity index (χ1) is 12.2. The first-order valence-electron chi connectivity index (χ1n) is 9.28. The summed E-state index contributed by atoms with van der Waals surface area (Å²) in [6, 6.07) is 1.86. The molecule has 2 N–H and O–H groups in total. The fraction of sp³-hybridized carbons (Fsp3) is 0.550. The number of hydrogen-bond acceptors (Lipinski definition) is 4. The van der Waals surface area contributed by atoms with Crippen molar-refractivity contribution >= 4 is 5.91 Å². The van der Waals surface area contributed by atoms with E-state index in [1.165, 1.54) is 31.3 Å². The molecule has 3 aliphatic rings. The molecule has 0 spiro atoms. The molecular formula is C20H29N3O2. The van der Waals surface area contributed by atoms with Gasteiger partial charge in [-0.3, -0.25) is 19.9 Å². The maximum absolute atomic E-state index is 11.5. The highest BCUT2D eigenvalue weighted by atomic mass is 16.5. The fourth-order valence-corrected chi connectivity index (χ4v) is 4.53. The van der Waals surface area contributed by atoms with Crippen LogP contribution in [0.15, 0.2) is 29.6 Å². The number of nitrogens with one attached hydrogen (secondary N) is 1. The van der Waals surface area contributed by atoms with Gasteiger partial charge >= 0.3 is 0 Å². The molecular weight excluding hydrogens is 314 g/mol. The van der Waals surface area contributed by atoms with Gasteiger partial charge in [-0.2, -0.15) is 0 Å². The van der Waals surface area contributed by atoms with Crippen molar-refractivity contribution in [2.45, 2.75) is 45.1 Å². The van der Waals surface area contributed by atoms with E-state index in [1.54, 1.807) is 11.7 Å². The number of hydroxylamine groups is 1. The summed E-state index contributed by atoms with van der Waals surface area (Å²) in [4.78, 5) is 18.5. The van der Waals surface area contributed by atoms with E-state index in [2.05, 4.69) is 21.7 Å². The zero-order valence-corrected chi connectivity index (χ0v) is 14.5. The van der Waals surface area contributed by atoms with Crippen LogP contribution in [-0.4, -0.2) is 34.1 Å². The summed E-state index contributed by atoms with van der Waals surface area (Å²) in [6.45, 7) is 2.97. The number of nitrogens with zero attached hydrogens (tertiary/aromatic N) is 2. The molecule has 1 saturated carbocycles. The minimum atomic E-state index is -0.497. The van der Waals surface area contributed by atoms with Crippen molar-refractivity contribution in [1.29, 1.82) is 0 Å². The van der Waals surface area contributed by atoms with Gasteiger partial charge in [0.15, 0.2) is 0 Å². The van der Waals surface area contributed by atoms with Gasteiger partial charge in [-0.1, -0.05) is 0 Å². The number of carbonyl (C=O) groups excluding carboxylic acids is 1. The Morgan fingerprint density at radius 2 is 2.40 bits per heavy atom. The number of carbonyl (C=O) groups is 1. The molecule has 2 heterocycles. The Morgan fingerprint density at radius 1 is 1.48 bits per heavy atom. The van der Waals surface area contributed by atoms with Crippen LogP contribution >= 0.6 is 0 Å². The van der Waals surface area contributed by atoms with Crippen LogP contribution in [0.5, 0.6) is 0 Å². The molecule has 5 nitrogen and oxygen atoms in total. The molecule has 2 aliphatic carbocycles. The summed E-state index contributed by atoms with van der Waals surface area (Å²) in [7, 11) is 0. The monoisotopic (exact) mass is 343 g/mol. The van der Waals surface area contributed by atoms with Crippen LogP contribution in [0.25, 0.3) is 0 Å². The molecule has 1 amide bonds. The van der Waals surface area contributed by atoms with Crippen LogP contribution in [0.1, 0.15) is 56.6 Å². The van der Waals surface area contributed by atoms with Crippen molar-refractivity contribution in [3.63, 3.8) is 0 Å². The average Bonchev–Trinajstić information content (AvgIpc) is 3.08. The molecule has 136 valence electrons. The van der Waals surface area contributed by atoms with Crippen LogP contribution in [0.2, 0.25) is 0 Å². The van der Waals surface area contributed by atoms with E-state index in [0.717, 1.165) is 49.7 Å². The lowest BCUT2D eigenvalue weighted by atomic mass is 9.88. The molecule has 0 radical (unpaired) electrons. The highest BCUT2D eigenvalue weighted by Crippen LogP contribution is 2.36. The molecule has 2 bridgehead atoms. The van der Waals surface area contributed by atoms with Crippen LogP contribution in [0, 0.1) is 11.8 Å².